The highest BCUT2D eigenvalue weighted by molar-refractivity contribution is 5.73. The van der Waals surface area contributed by atoms with Crippen molar-refractivity contribution in [1.82, 2.24) is 15.5 Å². The first-order valence-corrected chi connectivity index (χ1v) is 7.50. The van der Waals surface area contributed by atoms with Gasteiger partial charge < -0.3 is 20.6 Å². The molecule has 3 N–H and O–H groups in total. The van der Waals surface area contributed by atoms with E-state index in [1.54, 1.807) is 6.92 Å². The van der Waals surface area contributed by atoms with Gasteiger partial charge >= 0.3 is 6.03 Å². The molecule has 2 unspecified atom stereocenters. The van der Waals surface area contributed by atoms with Crippen LogP contribution in [0.5, 0.6) is 0 Å². The van der Waals surface area contributed by atoms with Gasteiger partial charge in [0.05, 0.1) is 6.10 Å². The Labute approximate surface area is 116 Å². The maximum atomic E-state index is 11.4. The normalized spacial score (nSPS) is 21.9. The van der Waals surface area contributed by atoms with Crippen LogP contribution in [0.1, 0.15) is 39.5 Å². The number of aliphatic hydroxyl groups is 1. The molecule has 0 radical (unpaired) electrons. The number of hydrogen-bond donors (Lipinski definition) is 3. The van der Waals surface area contributed by atoms with E-state index >= 15 is 0 Å². The molecule has 2 atom stereocenters. The molecule has 5 heteroatoms. The van der Waals surface area contributed by atoms with E-state index in [-0.39, 0.29) is 12.1 Å². The van der Waals surface area contributed by atoms with E-state index in [1.807, 2.05) is 0 Å². The highest BCUT2D eigenvalue weighted by Crippen LogP contribution is 2.15. The fourth-order valence-electron chi connectivity index (χ4n) is 2.45. The summed E-state index contributed by atoms with van der Waals surface area (Å²) in [4.78, 5) is 13.9. The smallest absolute Gasteiger partial charge is 0.314 e. The number of carbonyl (C=O) groups is 1. The van der Waals surface area contributed by atoms with Gasteiger partial charge in [-0.25, -0.2) is 4.79 Å². The van der Waals surface area contributed by atoms with Gasteiger partial charge in [0, 0.05) is 19.6 Å². The summed E-state index contributed by atoms with van der Waals surface area (Å²) in [5.41, 5.74) is 0. The third-order valence-corrected chi connectivity index (χ3v) is 3.53. The summed E-state index contributed by atoms with van der Waals surface area (Å²) in [6, 6.07) is -0.132. The maximum absolute atomic E-state index is 11.4. The van der Waals surface area contributed by atoms with E-state index in [4.69, 9.17) is 5.11 Å². The molecule has 19 heavy (non-hydrogen) atoms. The molecular weight excluding hydrogens is 242 g/mol. The molecule has 1 fully saturated rings. The topological polar surface area (TPSA) is 64.6 Å². The summed E-state index contributed by atoms with van der Waals surface area (Å²) < 4.78 is 0. The van der Waals surface area contributed by atoms with Crippen LogP contribution in [0, 0.1) is 5.92 Å². The lowest BCUT2D eigenvalue weighted by Gasteiger charge is -2.30. The molecule has 5 nitrogen and oxygen atoms in total. The summed E-state index contributed by atoms with van der Waals surface area (Å²) in [7, 11) is 0. The maximum Gasteiger partial charge on any atom is 0.314 e. The first-order chi connectivity index (χ1) is 9.08. The van der Waals surface area contributed by atoms with Gasteiger partial charge in [-0.3, -0.25) is 0 Å². The molecule has 1 rings (SSSR count). The molecule has 1 saturated heterocycles. The zero-order chi connectivity index (χ0) is 14.1. The average molecular weight is 271 g/mol. The zero-order valence-electron chi connectivity index (χ0n) is 12.3. The van der Waals surface area contributed by atoms with Crippen molar-refractivity contribution in [3.05, 3.63) is 0 Å². The van der Waals surface area contributed by atoms with E-state index in [2.05, 4.69) is 22.5 Å². The first kappa shape index (κ1) is 16.2. The van der Waals surface area contributed by atoms with Gasteiger partial charge in [0.2, 0.25) is 0 Å². The predicted molar refractivity (Wildman–Crippen MR) is 77.2 cm³/mol. The van der Waals surface area contributed by atoms with Crippen LogP contribution >= 0.6 is 0 Å². The van der Waals surface area contributed by atoms with Crippen molar-refractivity contribution in [3.63, 3.8) is 0 Å². The molecule has 0 aromatic rings. The molecule has 0 saturated carbocycles. The largest absolute Gasteiger partial charge is 0.393 e. The second-order valence-electron chi connectivity index (χ2n) is 5.72. The van der Waals surface area contributed by atoms with Crippen LogP contribution in [0.4, 0.5) is 4.79 Å². The highest BCUT2D eigenvalue weighted by atomic mass is 16.3. The Bertz CT molecular complexity index is 259. The van der Waals surface area contributed by atoms with Crippen LogP contribution in [-0.2, 0) is 0 Å². The van der Waals surface area contributed by atoms with Crippen molar-refractivity contribution in [2.75, 3.05) is 32.7 Å². The van der Waals surface area contributed by atoms with Crippen molar-refractivity contribution in [2.45, 2.75) is 45.6 Å². The first-order valence-electron chi connectivity index (χ1n) is 7.50. The zero-order valence-corrected chi connectivity index (χ0v) is 12.3. The van der Waals surface area contributed by atoms with E-state index in [0.29, 0.717) is 19.5 Å². The summed E-state index contributed by atoms with van der Waals surface area (Å²) in [6.07, 6.45) is 3.88. The SMILES string of the molecule is CC(O)CCNC(=O)NCCCN1CCCC(C)C1. The molecule has 0 aromatic heterocycles. The molecule has 0 bridgehead atoms. The Balaban J connectivity index is 1.96. The second kappa shape index (κ2) is 9.15. The molecule has 1 aliphatic heterocycles. The van der Waals surface area contributed by atoms with E-state index < -0.39 is 0 Å². The van der Waals surface area contributed by atoms with Gasteiger partial charge in [-0.1, -0.05) is 6.92 Å². The standard InChI is InChI=1S/C14H29N3O2/c1-12-5-3-9-17(11-12)10-4-7-15-14(19)16-8-6-13(2)18/h12-13,18H,3-11H2,1-2H3,(H2,15,16,19). The number of piperidine rings is 1. The molecule has 0 aromatic carbocycles. The Morgan fingerprint density at radius 2 is 2.16 bits per heavy atom. The van der Waals surface area contributed by atoms with Gasteiger partial charge in [-0.2, -0.15) is 0 Å². The number of nitrogens with one attached hydrogen (secondary N) is 2. The van der Waals surface area contributed by atoms with Crippen molar-refractivity contribution in [3.8, 4) is 0 Å². The fourth-order valence-corrected chi connectivity index (χ4v) is 2.45. The third-order valence-electron chi connectivity index (χ3n) is 3.53. The summed E-state index contributed by atoms with van der Waals surface area (Å²) in [5, 5.41) is 14.7. The van der Waals surface area contributed by atoms with Gasteiger partial charge in [-0.15, -0.1) is 0 Å². The van der Waals surface area contributed by atoms with Crippen LogP contribution in [0.2, 0.25) is 0 Å². The Hall–Kier alpha value is -0.810. The van der Waals surface area contributed by atoms with Crippen molar-refractivity contribution in [1.29, 1.82) is 0 Å². The minimum Gasteiger partial charge on any atom is -0.393 e. The summed E-state index contributed by atoms with van der Waals surface area (Å²) >= 11 is 0. The van der Waals surface area contributed by atoms with E-state index in [0.717, 1.165) is 18.9 Å². The lowest BCUT2D eigenvalue weighted by atomic mass is 10.0. The Morgan fingerprint density at radius 1 is 1.42 bits per heavy atom. The molecule has 2 amide bonds. The van der Waals surface area contributed by atoms with E-state index in [1.165, 1.54) is 25.9 Å². The quantitative estimate of drug-likeness (QED) is 0.609. The van der Waals surface area contributed by atoms with Gasteiger partial charge in [0.1, 0.15) is 0 Å². The van der Waals surface area contributed by atoms with Crippen molar-refractivity contribution in [2.24, 2.45) is 5.92 Å². The van der Waals surface area contributed by atoms with Crippen molar-refractivity contribution < 1.29 is 9.90 Å². The van der Waals surface area contributed by atoms with Crippen LogP contribution in [0.3, 0.4) is 0 Å². The van der Waals surface area contributed by atoms with Crippen LogP contribution in [-0.4, -0.2) is 54.9 Å². The number of rotatable bonds is 7. The van der Waals surface area contributed by atoms with E-state index in [9.17, 15) is 4.79 Å². The number of nitrogens with zero attached hydrogens (tertiary/aromatic N) is 1. The Kier molecular flexibility index (Phi) is 7.82. The predicted octanol–water partition coefficient (Wildman–Crippen LogP) is 1.18. The minimum absolute atomic E-state index is 0.132. The summed E-state index contributed by atoms with van der Waals surface area (Å²) in [5.74, 6) is 0.811. The van der Waals surface area contributed by atoms with Crippen LogP contribution < -0.4 is 10.6 Å². The Morgan fingerprint density at radius 3 is 2.84 bits per heavy atom. The lowest BCUT2D eigenvalue weighted by Crippen LogP contribution is -2.39. The fraction of sp³-hybridized carbons (Fsp3) is 0.929. The van der Waals surface area contributed by atoms with Crippen LogP contribution in [0.15, 0.2) is 0 Å². The molecule has 0 spiro atoms. The number of amides is 2. The van der Waals surface area contributed by atoms with Gasteiger partial charge in [0.15, 0.2) is 0 Å². The second-order valence-corrected chi connectivity index (χ2v) is 5.72. The molecule has 112 valence electrons. The van der Waals surface area contributed by atoms with Gasteiger partial charge in [0.25, 0.3) is 0 Å². The lowest BCUT2D eigenvalue weighted by molar-refractivity contribution is 0.180. The number of hydrogen-bond acceptors (Lipinski definition) is 3. The number of likely N-dealkylation sites (tertiary alicyclic amines) is 1. The molecule has 1 aliphatic rings. The minimum atomic E-state index is -0.360. The number of aliphatic hydroxyl groups excluding tert-OH is 1. The summed E-state index contributed by atoms with van der Waals surface area (Å²) in [6.45, 7) is 8.72. The molecular formula is C14H29N3O2. The average Bonchev–Trinajstić information content (AvgIpc) is 2.34. The van der Waals surface area contributed by atoms with Crippen molar-refractivity contribution >= 4 is 6.03 Å². The third kappa shape index (κ3) is 8.06. The molecule has 0 aliphatic carbocycles. The van der Waals surface area contributed by atoms with Crippen LogP contribution in [0.25, 0.3) is 0 Å². The molecule has 1 heterocycles. The number of urea groups is 1. The van der Waals surface area contributed by atoms with Gasteiger partial charge in [-0.05, 0) is 51.6 Å². The monoisotopic (exact) mass is 271 g/mol. The highest BCUT2D eigenvalue weighted by Gasteiger charge is 2.15. The number of carbonyl (C=O) groups excluding carboxylic acids is 1.